The second-order valence-corrected chi connectivity index (χ2v) is 5.15. The van der Waals surface area contributed by atoms with Gasteiger partial charge < -0.3 is 19.2 Å². The van der Waals surface area contributed by atoms with Crippen molar-refractivity contribution < 1.29 is 13.9 Å². The molecular weight excluding hydrogens is 310 g/mol. The van der Waals surface area contributed by atoms with E-state index < -0.39 is 0 Å². The molecule has 1 atom stereocenters. The fourth-order valence-electron chi connectivity index (χ4n) is 2.24. The van der Waals surface area contributed by atoms with Crippen molar-refractivity contribution in [2.75, 3.05) is 20.3 Å². The molecule has 0 radical (unpaired) electrons. The van der Waals surface area contributed by atoms with Crippen molar-refractivity contribution in [3.05, 3.63) is 46.3 Å². The summed E-state index contributed by atoms with van der Waals surface area (Å²) in [5.74, 6) is 1.57. The molecule has 3 rings (SSSR count). The van der Waals surface area contributed by atoms with Crippen LogP contribution in [0.5, 0.6) is 11.5 Å². The molecule has 2 aromatic rings. The average Bonchev–Trinajstić information content (AvgIpc) is 2.94. The number of halogens is 1. The highest BCUT2D eigenvalue weighted by atomic mass is 79.9. The molecule has 1 unspecified atom stereocenters. The SMILES string of the molecule is CNC(c1ccoc1)c1cc2c(cc1Br)OCCO2. The van der Waals surface area contributed by atoms with E-state index in [0.29, 0.717) is 13.2 Å². The van der Waals surface area contributed by atoms with Crippen LogP contribution in [0.25, 0.3) is 0 Å². The summed E-state index contributed by atoms with van der Waals surface area (Å²) in [6.07, 6.45) is 3.41. The number of benzene rings is 1. The van der Waals surface area contributed by atoms with Crippen molar-refractivity contribution in [2.24, 2.45) is 0 Å². The Labute approximate surface area is 119 Å². The number of fused-ring (bicyclic) bond motifs is 1. The van der Waals surface area contributed by atoms with Gasteiger partial charge in [0.15, 0.2) is 11.5 Å². The van der Waals surface area contributed by atoms with Gasteiger partial charge in [-0.15, -0.1) is 0 Å². The minimum Gasteiger partial charge on any atom is -0.486 e. The van der Waals surface area contributed by atoms with Crippen LogP contribution in [0.3, 0.4) is 0 Å². The molecule has 19 heavy (non-hydrogen) atoms. The Bertz CT molecular complexity index is 568. The molecule has 0 spiro atoms. The zero-order valence-corrected chi connectivity index (χ0v) is 12.1. The molecule has 1 aliphatic rings. The van der Waals surface area contributed by atoms with Gasteiger partial charge in [-0.1, -0.05) is 15.9 Å². The highest BCUT2D eigenvalue weighted by Gasteiger charge is 2.21. The molecule has 5 heteroatoms. The van der Waals surface area contributed by atoms with Crippen LogP contribution in [0.4, 0.5) is 0 Å². The van der Waals surface area contributed by atoms with Crippen LogP contribution in [0.1, 0.15) is 17.2 Å². The first kappa shape index (κ1) is 12.6. The second kappa shape index (κ2) is 5.27. The van der Waals surface area contributed by atoms with Gasteiger partial charge in [0.1, 0.15) is 13.2 Å². The van der Waals surface area contributed by atoms with Crippen LogP contribution >= 0.6 is 15.9 Å². The first-order valence-corrected chi connectivity index (χ1v) is 6.87. The van der Waals surface area contributed by atoms with E-state index in [4.69, 9.17) is 13.9 Å². The number of furan rings is 1. The molecule has 2 heterocycles. The summed E-state index contributed by atoms with van der Waals surface area (Å²) in [5.41, 5.74) is 2.16. The smallest absolute Gasteiger partial charge is 0.162 e. The van der Waals surface area contributed by atoms with E-state index in [1.165, 1.54) is 0 Å². The van der Waals surface area contributed by atoms with Gasteiger partial charge in [-0.25, -0.2) is 0 Å². The molecule has 0 aliphatic carbocycles. The number of hydrogen-bond donors (Lipinski definition) is 1. The Balaban J connectivity index is 2.04. The lowest BCUT2D eigenvalue weighted by Crippen LogP contribution is -2.19. The minimum absolute atomic E-state index is 0.0453. The average molecular weight is 324 g/mol. The second-order valence-electron chi connectivity index (χ2n) is 4.30. The van der Waals surface area contributed by atoms with Crippen LogP contribution in [0.2, 0.25) is 0 Å². The van der Waals surface area contributed by atoms with Gasteiger partial charge in [0.25, 0.3) is 0 Å². The van der Waals surface area contributed by atoms with Gasteiger partial charge in [0.2, 0.25) is 0 Å². The van der Waals surface area contributed by atoms with Gasteiger partial charge in [0.05, 0.1) is 18.6 Å². The largest absolute Gasteiger partial charge is 0.486 e. The standard InChI is InChI=1S/C14H14BrNO3/c1-16-14(9-2-3-17-8-9)10-6-12-13(7-11(10)15)19-5-4-18-12/h2-3,6-8,14,16H,4-5H2,1H3. The maximum absolute atomic E-state index is 5.63. The normalized spacial score (nSPS) is 15.3. The van der Waals surface area contributed by atoms with Gasteiger partial charge in [-0.2, -0.15) is 0 Å². The summed E-state index contributed by atoms with van der Waals surface area (Å²) < 4.78 is 17.3. The third-order valence-corrected chi connectivity index (χ3v) is 3.82. The van der Waals surface area contributed by atoms with E-state index in [0.717, 1.165) is 27.1 Å². The van der Waals surface area contributed by atoms with E-state index in [-0.39, 0.29) is 6.04 Å². The number of hydrogen-bond acceptors (Lipinski definition) is 4. The van der Waals surface area contributed by atoms with Crippen LogP contribution in [0.15, 0.2) is 39.6 Å². The maximum atomic E-state index is 5.63. The first-order chi connectivity index (χ1) is 9.29. The van der Waals surface area contributed by atoms with E-state index in [2.05, 4.69) is 21.2 Å². The van der Waals surface area contributed by atoms with Gasteiger partial charge in [0, 0.05) is 10.0 Å². The minimum atomic E-state index is 0.0453. The molecule has 1 N–H and O–H groups in total. The summed E-state index contributed by atoms with van der Waals surface area (Å²) in [4.78, 5) is 0. The highest BCUT2D eigenvalue weighted by molar-refractivity contribution is 9.10. The van der Waals surface area contributed by atoms with Crippen molar-refractivity contribution in [2.45, 2.75) is 6.04 Å². The Morgan fingerprint density at radius 1 is 1.21 bits per heavy atom. The molecule has 1 aromatic carbocycles. The molecule has 1 aromatic heterocycles. The zero-order chi connectivity index (χ0) is 13.2. The van der Waals surface area contributed by atoms with Crippen LogP contribution in [-0.2, 0) is 0 Å². The van der Waals surface area contributed by atoms with E-state index >= 15 is 0 Å². The van der Waals surface area contributed by atoms with Crippen molar-refractivity contribution in [3.8, 4) is 11.5 Å². The third kappa shape index (κ3) is 2.35. The topological polar surface area (TPSA) is 43.6 Å². The van der Waals surface area contributed by atoms with Gasteiger partial charge in [-0.3, -0.25) is 0 Å². The molecular formula is C14H14BrNO3. The van der Waals surface area contributed by atoms with Crippen LogP contribution < -0.4 is 14.8 Å². The maximum Gasteiger partial charge on any atom is 0.162 e. The van der Waals surface area contributed by atoms with Gasteiger partial charge in [-0.05, 0) is 30.8 Å². The van der Waals surface area contributed by atoms with E-state index in [1.54, 1.807) is 12.5 Å². The summed E-state index contributed by atoms with van der Waals surface area (Å²) in [7, 11) is 1.92. The molecule has 0 saturated heterocycles. The Hall–Kier alpha value is -1.46. The summed E-state index contributed by atoms with van der Waals surface area (Å²) in [5, 5.41) is 3.28. The zero-order valence-electron chi connectivity index (χ0n) is 10.5. The molecule has 100 valence electrons. The Morgan fingerprint density at radius 3 is 2.58 bits per heavy atom. The Kier molecular flexibility index (Phi) is 3.48. The van der Waals surface area contributed by atoms with E-state index in [9.17, 15) is 0 Å². The van der Waals surface area contributed by atoms with Crippen molar-refractivity contribution in [1.29, 1.82) is 0 Å². The third-order valence-electron chi connectivity index (χ3n) is 3.14. The van der Waals surface area contributed by atoms with Crippen LogP contribution in [0, 0.1) is 0 Å². The van der Waals surface area contributed by atoms with Crippen molar-refractivity contribution in [1.82, 2.24) is 5.32 Å². The number of rotatable bonds is 3. The summed E-state index contributed by atoms with van der Waals surface area (Å²) in [6, 6.07) is 5.95. The number of nitrogens with one attached hydrogen (secondary N) is 1. The van der Waals surface area contributed by atoms with Crippen LogP contribution in [-0.4, -0.2) is 20.3 Å². The fourth-order valence-corrected chi connectivity index (χ4v) is 2.79. The highest BCUT2D eigenvalue weighted by Crippen LogP contribution is 2.39. The first-order valence-electron chi connectivity index (χ1n) is 6.08. The lowest BCUT2D eigenvalue weighted by molar-refractivity contribution is 0.171. The summed E-state index contributed by atoms with van der Waals surface area (Å²) in [6.45, 7) is 1.18. The lowest BCUT2D eigenvalue weighted by atomic mass is 10.0. The summed E-state index contributed by atoms with van der Waals surface area (Å²) >= 11 is 3.60. The fraction of sp³-hybridized carbons (Fsp3) is 0.286. The Morgan fingerprint density at radius 2 is 1.95 bits per heavy atom. The molecule has 0 fully saturated rings. The molecule has 0 saturated carbocycles. The quantitative estimate of drug-likeness (QED) is 0.942. The monoisotopic (exact) mass is 323 g/mol. The molecule has 1 aliphatic heterocycles. The molecule has 0 bridgehead atoms. The van der Waals surface area contributed by atoms with E-state index in [1.807, 2.05) is 25.2 Å². The van der Waals surface area contributed by atoms with Crippen molar-refractivity contribution in [3.63, 3.8) is 0 Å². The predicted molar refractivity (Wildman–Crippen MR) is 74.7 cm³/mol. The number of ether oxygens (including phenoxy) is 2. The van der Waals surface area contributed by atoms with Gasteiger partial charge >= 0.3 is 0 Å². The molecule has 4 nitrogen and oxygen atoms in total. The lowest BCUT2D eigenvalue weighted by Gasteiger charge is -2.23. The predicted octanol–water partition coefficient (Wildman–Crippen LogP) is 3.12. The van der Waals surface area contributed by atoms with Crippen molar-refractivity contribution >= 4 is 15.9 Å². The molecule has 0 amide bonds.